The first-order valence-corrected chi connectivity index (χ1v) is 8.56. The lowest BCUT2D eigenvalue weighted by atomic mass is 10.2. The summed E-state index contributed by atoms with van der Waals surface area (Å²) in [5.41, 5.74) is 1.87. The molecule has 1 atom stereocenters. The number of allylic oxidation sites excluding steroid dienone is 1. The van der Waals surface area contributed by atoms with Gasteiger partial charge in [-0.25, -0.2) is 0 Å². The van der Waals surface area contributed by atoms with Crippen LogP contribution in [-0.2, 0) is 11.3 Å². The summed E-state index contributed by atoms with van der Waals surface area (Å²) in [7, 11) is 3.96. The predicted octanol–water partition coefficient (Wildman–Crippen LogP) is 2.96. The molecule has 0 unspecified atom stereocenters. The Morgan fingerprint density at radius 3 is 2.62 bits per heavy atom. The van der Waals surface area contributed by atoms with E-state index in [4.69, 9.17) is 0 Å². The fraction of sp³-hybridized carbons (Fsp3) is 0.353. The van der Waals surface area contributed by atoms with Crippen molar-refractivity contribution in [1.29, 1.82) is 0 Å². The van der Waals surface area contributed by atoms with Gasteiger partial charge in [0.1, 0.15) is 5.82 Å². The van der Waals surface area contributed by atoms with E-state index in [1.165, 1.54) is 11.8 Å². The molecule has 2 aromatic rings. The zero-order valence-electron chi connectivity index (χ0n) is 14.5. The van der Waals surface area contributed by atoms with Gasteiger partial charge in [-0.15, -0.1) is 16.8 Å². The number of benzene rings is 1. The number of hydrogen-bond donors (Lipinski definition) is 1. The van der Waals surface area contributed by atoms with Crippen LogP contribution in [-0.4, -0.2) is 40.0 Å². The predicted molar refractivity (Wildman–Crippen MR) is 99.7 cm³/mol. The Balaban J connectivity index is 2.00. The van der Waals surface area contributed by atoms with E-state index in [2.05, 4.69) is 22.1 Å². The van der Waals surface area contributed by atoms with Crippen LogP contribution < -0.4 is 10.2 Å². The molecule has 0 saturated heterocycles. The second-order valence-corrected chi connectivity index (χ2v) is 6.93. The van der Waals surface area contributed by atoms with Crippen LogP contribution in [0.2, 0.25) is 0 Å². The monoisotopic (exact) mass is 345 g/mol. The molecule has 1 heterocycles. The molecule has 0 aliphatic carbocycles. The van der Waals surface area contributed by atoms with Crippen LogP contribution in [0.1, 0.15) is 12.7 Å². The summed E-state index contributed by atoms with van der Waals surface area (Å²) in [6.45, 7) is 8.11. The van der Waals surface area contributed by atoms with Crippen molar-refractivity contribution in [3.05, 3.63) is 42.7 Å². The van der Waals surface area contributed by atoms with E-state index in [0.717, 1.165) is 22.4 Å². The standard InChI is InChI=1S/C17H23N5OS/c1-6-11-22-13(3)19-20-17(22)24-12(2)16(23)18-14-7-9-15(10-8-14)21(4)5/h6-10,12H,1,11H2,2-5H3,(H,18,23)/t12-/m0/s1. The number of nitrogens with one attached hydrogen (secondary N) is 1. The third kappa shape index (κ3) is 4.38. The average molecular weight is 345 g/mol. The maximum Gasteiger partial charge on any atom is 0.237 e. The first-order chi connectivity index (χ1) is 11.4. The lowest BCUT2D eigenvalue weighted by Gasteiger charge is -2.15. The van der Waals surface area contributed by atoms with Crippen molar-refractivity contribution in [3.63, 3.8) is 0 Å². The Morgan fingerprint density at radius 2 is 2.04 bits per heavy atom. The molecule has 24 heavy (non-hydrogen) atoms. The molecule has 0 fully saturated rings. The SMILES string of the molecule is C=CCn1c(C)nnc1S[C@@H](C)C(=O)Nc1ccc(N(C)C)cc1. The molecule has 0 bridgehead atoms. The van der Waals surface area contributed by atoms with Gasteiger partial charge in [0.05, 0.1) is 5.25 Å². The third-order valence-electron chi connectivity index (χ3n) is 3.52. The summed E-state index contributed by atoms with van der Waals surface area (Å²) >= 11 is 1.39. The van der Waals surface area contributed by atoms with Crippen LogP contribution in [0, 0.1) is 6.92 Å². The Labute approximate surface area is 147 Å². The topological polar surface area (TPSA) is 63.1 Å². The molecule has 0 aliphatic heterocycles. The van der Waals surface area contributed by atoms with E-state index in [0.29, 0.717) is 6.54 Å². The van der Waals surface area contributed by atoms with Crippen LogP contribution in [0.25, 0.3) is 0 Å². The smallest absolute Gasteiger partial charge is 0.237 e. The Hall–Kier alpha value is -2.28. The van der Waals surface area contributed by atoms with Crippen molar-refractivity contribution in [2.24, 2.45) is 0 Å². The Kier molecular flexibility index (Phi) is 6.03. The van der Waals surface area contributed by atoms with E-state index in [1.54, 1.807) is 6.08 Å². The fourth-order valence-corrected chi connectivity index (χ4v) is 2.99. The summed E-state index contributed by atoms with van der Waals surface area (Å²) in [6, 6.07) is 7.74. The summed E-state index contributed by atoms with van der Waals surface area (Å²) in [6.07, 6.45) is 1.79. The van der Waals surface area contributed by atoms with Gasteiger partial charge >= 0.3 is 0 Å². The fourth-order valence-electron chi connectivity index (χ4n) is 2.09. The van der Waals surface area contributed by atoms with Gasteiger partial charge in [-0.3, -0.25) is 4.79 Å². The highest BCUT2D eigenvalue weighted by atomic mass is 32.2. The number of anilines is 2. The van der Waals surface area contributed by atoms with Gasteiger partial charge in [0.2, 0.25) is 5.91 Å². The summed E-state index contributed by atoms with van der Waals surface area (Å²) in [5.74, 6) is 0.743. The molecule has 0 spiro atoms. The second-order valence-electron chi connectivity index (χ2n) is 5.62. The van der Waals surface area contributed by atoms with Gasteiger partial charge in [0.15, 0.2) is 5.16 Å². The molecule has 0 saturated carbocycles. The molecular formula is C17H23N5OS. The number of aryl methyl sites for hydroxylation is 1. The molecule has 1 N–H and O–H groups in total. The molecule has 6 nitrogen and oxygen atoms in total. The minimum absolute atomic E-state index is 0.0663. The van der Waals surface area contributed by atoms with Crippen LogP contribution in [0.15, 0.2) is 42.1 Å². The van der Waals surface area contributed by atoms with Crippen LogP contribution >= 0.6 is 11.8 Å². The summed E-state index contributed by atoms with van der Waals surface area (Å²) < 4.78 is 1.94. The van der Waals surface area contributed by atoms with Gasteiger partial charge in [0.25, 0.3) is 0 Å². The zero-order chi connectivity index (χ0) is 17.7. The molecule has 2 rings (SSSR count). The summed E-state index contributed by atoms with van der Waals surface area (Å²) in [4.78, 5) is 14.4. The first kappa shape index (κ1) is 18.1. The Bertz CT molecular complexity index is 708. The van der Waals surface area contributed by atoms with Crippen molar-refractivity contribution in [1.82, 2.24) is 14.8 Å². The summed E-state index contributed by atoms with van der Waals surface area (Å²) in [5, 5.41) is 11.6. The number of carbonyl (C=O) groups excluding carboxylic acids is 1. The number of hydrogen-bond acceptors (Lipinski definition) is 5. The van der Waals surface area contributed by atoms with Crippen LogP contribution in [0.3, 0.4) is 0 Å². The average Bonchev–Trinajstić information content (AvgIpc) is 2.89. The lowest BCUT2D eigenvalue weighted by molar-refractivity contribution is -0.115. The molecule has 1 aromatic carbocycles. The maximum absolute atomic E-state index is 12.4. The lowest BCUT2D eigenvalue weighted by Crippen LogP contribution is -2.23. The van der Waals surface area contributed by atoms with E-state index in [1.807, 2.05) is 61.7 Å². The Morgan fingerprint density at radius 1 is 1.38 bits per heavy atom. The van der Waals surface area contributed by atoms with Crippen LogP contribution in [0.4, 0.5) is 11.4 Å². The molecule has 128 valence electrons. The number of rotatable bonds is 7. The number of aromatic nitrogens is 3. The third-order valence-corrected chi connectivity index (χ3v) is 4.60. The highest BCUT2D eigenvalue weighted by Gasteiger charge is 2.19. The highest BCUT2D eigenvalue weighted by molar-refractivity contribution is 8.00. The zero-order valence-corrected chi connectivity index (χ0v) is 15.3. The molecule has 1 aromatic heterocycles. The van der Waals surface area contributed by atoms with Crippen molar-refractivity contribution >= 4 is 29.0 Å². The highest BCUT2D eigenvalue weighted by Crippen LogP contribution is 2.24. The number of amides is 1. The van der Waals surface area contributed by atoms with Crippen LogP contribution in [0.5, 0.6) is 0 Å². The first-order valence-electron chi connectivity index (χ1n) is 7.68. The second kappa shape index (κ2) is 8.01. The van der Waals surface area contributed by atoms with Gasteiger partial charge in [-0.05, 0) is 38.1 Å². The molecule has 7 heteroatoms. The molecular weight excluding hydrogens is 322 g/mol. The van der Waals surface area contributed by atoms with Crippen molar-refractivity contribution in [2.45, 2.75) is 30.8 Å². The largest absolute Gasteiger partial charge is 0.378 e. The van der Waals surface area contributed by atoms with E-state index < -0.39 is 0 Å². The minimum atomic E-state index is -0.286. The van der Waals surface area contributed by atoms with E-state index in [-0.39, 0.29) is 11.2 Å². The number of carbonyl (C=O) groups is 1. The van der Waals surface area contributed by atoms with Crippen molar-refractivity contribution in [2.75, 3.05) is 24.3 Å². The van der Waals surface area contributed by atoms with Crippen molar-refractivity contribution < 1.29 is 4.79 Å². The van der Waals surface area contributed by atoms with Gasteiger partial charge in [-0.1, -0.05) is 17.8 Å². The minimum Gasteiger partial charge on any atom is -0.378 e. The maximum atomic E-state index is 12.4. The molecule has 0 radical (unpaired) electrons. The van der Waals surface area contributed by atoms with Gasteiger partial charge in [-0.2, -0.15) is 0 Å². The normalized spacial score (nSPS) is 11.8. The molecule has 0 aliphatic rings. The van der Waals surface area contributed by atoms with Gasteiger partial charge in [0, 0.05) is 32.0 Å². The number of thioether (sulfide) groups is 1. The van der Waals surface area contributed by atoms with E-state index in [9.17, 15) is 4.79 Å². The van der Waals surface area contributed by atoms with Crippen molar-refractivity contribution in [3.8, 4) is 0 Å². The van der Waals surface area contributed by atoms with E-state index >= 15 is 0 Å². The quantitative estimate of drug-likeness (QED) is 0.617. The molecule has 1 amide bonds. The number of nitrogens with zero attached hydrogens (tertiary/aromatic N) is 4. The van der Waals surface area contributed by atoms with Gasteiger partial charge < -0.3 is 14.8 Å².